The molecule has 0 bridgehead atoms. The lowest BCUT2D eigenvalue weighted by molar-refractivity contribution is -0.137. The summed E-state index contributed by atoms with van der Waals surface area (Å²) in [7, 11) is 0. The van der Waals surface area contributed by atoms with E-state index >= 15 is 0 Å². The molecule has 15 heavy (non-hydrogen) atoms. The van der Waals surface area contributed by atoms with Crippen molar-refractivity contribution in [1.82, 2.24) is 0 Å². The van der Waals surface area contributed by atoms with Crippen LogP contribution in [-0.2, 0) is 12.6 Å². The van der Waals surface area contributed by atoms with Crippen molar-refractivity contribution >= 4 is 11.6 Å². The van der Waals surface area contributed by atoms with E-state index in [1.165, 1.54) is 6.07 Å². The second kappa shape index (κ2) is 4.86. The van der Waals surface area contributed by atoms with Crippen LogP contribution in [0, 0.1) is 0 Å². The van der Waals surface area contributed by atoms with Gasteiger partial charge in [0, 0.05) is 11.6 Å². The van der Waals surface area contributed by atoms with Crippen LogP contribution in [0.2, 0.25) is 5.02 Å². The molecule has 0 radical (unpaired) electrons. The van der Waals surface area contributed by atoms with Gasteiger partial charge in [-0.25, -0.2) is 0 Å². The number of aryl methyl sites for hydroxylation is 1. The average molecular weight is 239 g/mol. The summed E-state index contributed by atoms with van der Waals surface area (Å²) in [6.07, 6.45) is -3.60. The van der Waals surface area contributed by atoms with E-state index in [9.17, 15) is 13.2 Å². The minimum absolute atomic E-state index is 0.0629. The molecule has 1 N–H and O–H groups in total. The molecule has 0 unspecified atom stereocenters. The predicted octanol–water partition coefficient (Wildman–Crippen LogP) is 3.28. The highest BCUT2D eigenvalue weighted by Gasteiger charge is 2.30. The number of benzene rings is 1. The zero-order chi connectivity index (χ0) is 11.5. The van der Waals surface area contributed by atoms with Gasteiger partial charge in [0.15, 0.2) is 0 Å². The highest BCUT2D eigenvalue weighted by molar-refractivity contribution is 6.31. The quantitative estimate of drug-likeness (QED) is 0.857. The van der Waals surface area contributed by atoms with Gasteiger partial charge in [-0.05, 0) is 36.6 Å². The number of hydrogen-bond donors (Lipinski definition) is 1. The molecule has 0 heterocycles. The molecule has 0 saturated carbocycles. The van der Waals surface area contributed by atoms with Crippen LogP contribution in [0.25, 0.3) is 0 Å². The molecule has 0 aliphatic carbocycles. The Labute approximate surface area is 90.5 Å². The van der Waals surface area contributed by atoms with E-state index in [2.05, 4.69) is 0 Å². The predicted molar refractivity (Wildman–Crippen MR) is 51.9 cm³/mol. The van der Waals surface area contributed by atoms with Gasteiger partial charge in [0.1, 0.15) is 0 Å². The molecule has 5 heteroatoms. The van der Waals surface area contributed by atoms with Gasteiger partial charge in [-0.1, -0.05) is 11.6 Å². The maximum atomic E-state index is 12.3. The molecule has 0 saturated heterocycles. The molecule has 1 aromatic rings. The van der Waals surface area contributed by atoms with Crippen LogP contribution in [0.15, 0.2) is 18.2 Å². The van der Waals surface area contributed by atoms with Crippen LogP contribution in [0.4, 0.5) is 13.2 Å². The zero-order valence-corrected chi connectivity index (χ0v) is 8.57. The second-order valence-electron chi connectivity index (χ2n) is 3.13. The van der Waals surface area contributed by atoms with E-state index in [1.54, 1.807) is 0 Å². The number of alkyl halides is 3. The molecule has 0 aliphatic rings. The number of aliphatic hydroxyl groups excluding tert-OH is 1. The number of hydrogen-bond acceptors (Lipinski definition) is 1. The Kier molecular flexibility index (Phi) is 3.99. The minimum atomic E-state index is -4.35. The van der Waals surface area contributed by atoms with Crippen molar-refractivity contribution < 1.29 is 18.3 Å². The van der Waals surface area contributed by atoms with Crippen molar-refractivity contribution in [3.05, 3.63) is 34.3 Å². The van der Waals surface area contributed by atoms with Crippen LogP contribution in [-0.4, -0.2) is 11.7 Å². The molecule has 1 nitrogen and oxygen atoms in total. The van der Waals surface area contributed by atoms with Crippen molar-refractivity contribution in [3.8, 4) is 0 Å². The van der Waals surface area contributed by atoms with Crippen LogP contribution in [0.5, 0.6) is 0 Å². The molecule has 1 aromatic carbocycles. The van der Waals surface area contributed by atoms with Gasteiger partial charge in [-0.15, -0.1) is 0 Å². The first kappa shape index (κ1) is 12.3. The minimum Gasteiger partial charge on any atom is -0.396 e. The third-order valence-corrected chi connectivity index (χ3v) is 2.35. The van der Waals surface area contributed by atoms with E-state index in [1.807, 2.05) is 0 Å². The maximum absolute atomic E-state index is 12.3. The monoisotopic (exact) mass is 238 g/mol. The summed E-state index contributed by atoms with van der Waals surface area (Å²) in [5.41, 5.74) is -0.291. The lowest BCUT2D eigenvalue weighted by Crippen LogP contribution is -2.05. The van der Waals surface area contributed by atoms with E-state index in [-0.39, 0.29) is 6.61 Å². The normalized spacial score (nSPS) is 11.8. The molecule has 84 valence electrons. The zero-order valence-electron chi connectivity index (χ0n) is 7.81. The van der Waals surface area contributed by atoms with E-state index in [0.29, 0.717) is 23.4 Å². The van der Waals surface area contributed by atoms with Gasteiger partial charge >= 0.3 is 6.18 Å². The van der Waals surface area contributed by atoms with Gasteiger partial charge in [-0.2, -0.15) is 13.2 Å². The van der Waals surface area contributed by atoms with Gasteiger partial charge < -0.3 is 5.11 Å². The summed E-state index contributed by atoms with van der Waals surface area (Å²) in [6, 6.07) is 3.21. The maximum Gasteiger partial charge on any atom is 0.416 e. The topological polar surface area (TPSA) is 20.2 Å². The summed E-state index contributed by atoms with van der Waals surface area (Å²) in [4.78, 5) is 0. The molecule has 0 aliphatic heterocycles. The summed E-state index contributed by atoms with van der Waals surface area (Å²) in [5.74, 6) is 0. The molecule has 0 amide bonds. The highest BCUT2D eigenvalue weighted by Crippen LogP contribution is 2.32. The van der Waals surface area contributed by atoms with Gasteiger partial charge in [-0.3, -0.25) is 0 Å². The van der Waals surface area contributed by atoms with Crippen molar-refractivity contribution in [1.29, 1.82) is 0 Å². The molecule has 0 fully saturated rings. The first-order chi connectivity index (χ1) is 6.95. The lowest BCUT2D eigenvalue weighted by Gasteiger charge is -2.09. The number of rotatable bonds is 3. The summed E-state index contributed by atoms with van der Waals surface area (Å²) < 4.78 is 37.0. The van der Waals surface area contributed by atoms with Crippen LogP contribution >= 0.6 is 11.6 Å². The molecule has 0 aromatic heterocycles. The summed E-state index contributed by atoms with van der Waals surface area (Å²) in [5, 5.41) is 8.88. The first-order valence-electron chi connectivity index (χ1n) is 4.41. The molecular weight excluding hydrogens is 229 g/mol. The molecule has 0 atom stereocenters. The molecular formula is C10H10ClF3O. The van der Waals surface area contributed by atoms with E-state index < -0.39 is 11.7 Å². The van der Waals surface area contributed by atoms with Crippen molar-refractivity contribution in [3.63, 3.8) is 0 Å². The molecule has 0 spiro atoms. The largest absolute Gasteiger partial charge is 0.416 e. The fourth-order valence-electron chi connectivity index (χ4n) is 1.21. The van der Waals surface area contributed by atoms with Crippen LogP contribution in [0.1, 0.15) is 17.5 Å². The van der Waals surface area contributed by atoms with Crippen LogP contribution < -0.4 is 0 Å². The molecule has 1 rings (SSSR count). The van der Waals surface area contributed by atoms with Crippen molar-refractivity contribution in [2.45, 2.75) is 19.0 Å². The Hall–Kier alpha value is -0.740. The van der Waals surface area contributed by atoms with Crippen molar-refractivity contribution in [2.75, 3.05) is 6.61 Å². The Bertz CT molecular complexity index is 336. The Morgan fingerprint density at radius 1 is 1.27 bits per heavy atom. The third kappa shape index (κ3) is 3.39. The number of halogens is 4. The lowest BCUT2D eigenvalue weighted by atomic mass is 10.1. The van der Waals surface area contributed by atoms with E-state index in [4.69, 9.17) is 16.7 Å². The fourth-order valence-corrected chi connectivity index (χ4v) is 1.42. The van der Waals surface area contributed by atoms with Crippen LogP contribution in [0.3, 0.4) is 0 Å². The Balaban J connectivity index is 2.95. The second-order valence-corrected chi connectivity index (χ2v) is 3.54. The van der Waals surface area contributed by atoms with Gasteiger partial charge in [0.25, 0.3) is 0 Å². The first-order valence-corrected chi connectivity index (χ1v) is 4.79. The highest BCUT2D eigenvalue weighted by atomic mass is 35.5. The average Bonchev–Trinajstić information content (AvgIpc) is 2.15. The van der Waals surface area contributed by atoms with Crippen molar-refractivity contribution in [2.24, 2.45) is 0 Å². The summed E-state index contributed by atoms with van der Waals surface area (Å²) in [6.45, 7) is -0.0629. The summed E-state index contributed by atoms with van der Waals surface area (Å²) >= 11 is 5.73. The Morgan fingerprint density at radius 3 is 2.47 bits per heavy atom. The van der Waals surface area contributed by atoms with Gasteiger partial charge in [0.05, 0.1) is 5.56 Å². The van der Waals surface area contributed by atoms with E-state index in [0.717, 1.165) is 12.1 Å². The third-order valence-electron chi connectivity index (χ3n) is 1.98. The SMILES string of the molecule is OCCCc1cc(C(F)(F)F)ccc1Cl. The Morgan fingerprint density at radius 2 is 1.93 bits per heavy atom. The standard InChI is InChI=1S/C10H10ClF3O/c11-9-4-3-8(10(12,13)14)6-7(9)2-1-5-15/h3-4,6,15H,1-2,5H2. The number of aliphatic hydroxyl groups is 1. The van der Waals surface area contributed by atoms with Gasteiger partial charge in [0.2, 0.25) is 0 Å². The smallest absolute Gasteiger partial charge is 0.396 e. The fraction of sp³-hybridized carbons (Fsp3) is 0.400.